The fourth-order valence-corrected chi connectivity index (χ4v) is 2.35. The fraction of sp³-hybridized carbons (Fsp3) is 0.188. The lowest BCUT2D eigenvalue weighted by Gasteiger charge is -2.01. The Hall–Kier alpha value is -2.67. The summed E-state index contributed by atoms with van der Waals surface area (Å²) in [7, 11) is 0. The maximum Gasteiger partial charge on any atom is 0.280 e. The van der Waals surface area contributed by atoms with Crippen LogP contribution in [0.15, 0.2) is 46.0 Å². The van der Waals surface area contributed by atoms with E-state index in [2.05, 4.69) is 15.7 Å². The van der Waals surface area contributed by atoms with Gasteiger partial charge in [0.1, 0.15) is 5.75 Å². The molecule has 2 N–H and O–H groups in total. The van der Waals surface area contributed by atoms with E-state index in [-0.39, 0.29) is 12.4 Å². The summed E-state index contributed by atoms with van der Waals surface area (Å²) in [6.45, 7) is 3.44. The highest BCUT2D eigenvalue weighted by Gasteiger charge is 2.02. The van der Waals surface area contributed by atoms with Gasteiger partial charge in [-0.2, -0.15) is 5.10 Å². The molecule has 2 aromatic rings. The van der Waals surface area contributed by atoms with Crippen LogP contribution in [0.2, 0.25) is 0 Å². The molecule has 0 spiro atoms. The largest absolute Gasteiger partial charge is 0.507 e. The number of oxime groups is 1. The second-order valence-corrected chi connectivity index (χ2v) is 5.73. The lowest BCUT2D eigenvalue weighted by atomic mass is 10.1. The molecule has 1 aromatic carbocycles. The van der Waals surface area contributed by atoms with E-state index in [1.807, 2.05) is 37.4 Å². The first-order chi connectivity index (χ1) is 11.1. The molecular weight excluding hydrogens is 314 g/mol. The van der Waals surface area contributed by atoms with Gasteiger partial charge >= 0.3 is 0 Å². The van der Waals surface area contributed by atoms with Gasteiger partial charge in [0.05, 0.1) is 16.8 Å². The van der Waals surface area contributed by atoms with Crippen molar-refractivity contribution in [1.82, 2.24) is 5.43 Å². The average Bonchev–Trinajstić information content (AvgIpc) is 3.04. The third kappa shape index (κ3) is 5.23. The van der Waals surface area contributed by atoms with Crippen LogP contribution in [-0.4, -0.2) is 29.5 Å². The molecule has 120 valence electrons. The van der Waals surface area contributed by atoms with E-state index >= 15 is 0 Å². The zero-order valence-corrected chi connectivity index (χ0v) is 13.6. The molecule has 0 aliphatic heterocycles. The highest BCUT2D eigenvalue weighted by molar-refractivity contribution is 7.12. The molecule has 0 saturated heterocycles. The Labute approximate surface area is 138 Å². The highest BCUT2D eigenvalue weighted by Crippen LogP contribution is 2.16. The number of hydrazone groups is 1. The molecule has 7 heteroatoms. The van der Waals surface area contributed by atoms with Crippen LogP contribution in [0.5, 0.6) is 5.75 Å². The molecule has 6 nitrogen and oxygen atoms in total. The summed E-state index contributed by atoms with van der Waals surface area (Å²) < 4.78 is 0. The van der Waals surface area contributed by atoms with Gasteiger partial charge in [-0.25, -0.2) is 5.43 Å². The predicted octanol–water partition coefficient (Wildman–Crippen LogP) is 2.65. The number of hydrogen-bond acceptors (Lipinski definition) is 6. The average molecular weight is 331 g/mol. The van der Waals surface area contributed by atoms with E-state index in [1.54, 1.807) is 23.5 Å². The first-order valence-electron chi connectivity index (χ1n) is 6.88. The molecule has 1 aromatic heterocycles. The molecule has 0 atom stereocenters. The van der Waals surface area contributed by atoms with Crippen LogP contribution >= 0.6 is 11.3 Å². The second kappa shape index (κ2) is 8.09. The van der Waals surface area contributed by atoms with E-state index in [0.717, 1.165) is 10.4 Å². The minimum atomic E-state index is -0.435. The lowest BCUT2D eigenvalue weighted by Crippen LogP contribution is -2.22. The molecule has 1 amide bonds. The maximum absolute atomic E-state index is 11.6. The first kappa shape index (κ1) is 16.7. The SMILES string of the molecule is C/C(=N/OCC(=O)N/N=C/c1ccc(C)cc1O)c1cccs1. The van der Waals surface area contributed by atoms with E-state index in [1.165, 1.54) is 6.21 Å². The van der Waals surface area contributed by atoms with E-state index in [4.69, 9.17) is 4.84 Å². The predicted molar refractivity (Wildman–Crippen MR) is 91.1 cm³/mol. The smallest absolute Gasteiger partial charge is 0.280 e. The molecule has 0 radical (unpaired) electrons. The van der Waals surface area contributed by atoms with Crippen molar-refractivity contribution in [3.63, 3.8) is 0 Å². The Kier molecular flexibility index (Phi) is 5.87. The number of thiophene rings is 1. The topological polar surface area (TPSA) is 83.3 Å². The van der Waals surface area contributed by atoms with Crippen molar-refractivity contribution in [2.45, 2.75) is 13.8 Å². The molecule has 23 heavy (non-hydrogen) atoms. The third-order valence-corrected chi connectivity index (χ3v) is 3.83. The number of rotatable bonds is 6. The molecule has 0 saturated carbocycles. The summed E-state index contributed by atoms with van der Waals surface area (Å²) in [4.78, 5) is 17.5. The van der Waals surface area contributed by atoms with Crippen LogP contribution in [0.1, 0.15) is 22.9 Å². The summed E-state index contributed by atoms with van der Waals surface area (Å²) in [6, 6.07) is 9.01. The van der Waals surface area contributed by atoms with Gasteiger partial charge in [-0.15, -0.1) is 11.3 Å². The van der Waals surface area contributed by atoms with Crippen LogP contribution < -0.4 is 5.43 Å². The number of phenols is 1. The van der Waals surface area contributed by atoms with Crippen LogP contribution in [0, 0.1) is 6.92 Å². The minimum absolute atomic E-state index is 0.107. The Morgan fingerprint density at radius 2 is 2.26 bits per heavy atom. The zero-order chi connectivity index (χ0) is 16.7. The number of aryl methyl sites for hydroxylation is 1. The standard InChI is InChI=1S/C16H17N3O3S/c1-11-5-6-13(14(20)8-11)9-17-18-16(21)10-22-19-12(2)15-4-3-7-23-15/h3-9,20H,10H2,1-2H3,(H,18,21)/b17-9+,19-12-. The number of benzene rings is 1. The van der Waals surface area contributed by atoms with Crippen molar-refractivity contribution in [3.05, 3.63) is 51.7 Å². The van der Waals surface area contributed by atoms with Gasteiger partial charge in [-0.1, -0.05) is 17.3 Å². The van der Waals surface area contributed by atoms with E-state index < -0.39 is 5.91 Å². The number of carbonyl (C=O) groups is 1. The summed E-state index contributed by atoms with van der Waals surface area (Å²) in [5.74, 6) is -0.328. The van der Waals surface area contributed by atoms with Gasteiger partial charge in [0.15, 0.2) is 6.61 Å². The molecule has 0 fully saturated rings. The molecule has 0 bridgehead atoms. The van der Waals surface area contributed by atoms with Crippen molar-refractivity contribution < 1.29 is 14.7 Å². The minimum Gasteiger partial charge on any atom is -0.507 e. The Bertz CT molecular complexity index is 724. The zero-order valence-electron chi connectivity index (χ0n) is 12.8. The molecule has 1 heterocycles. The Morgan fingerprint density at radius 3 is 2.96 bits per heavy atom. The first-order valence-corrected chi connectivity index (χ1v) is 7.76. The van der Waals surface area contributed by atoms with Crippen molar-refractivity contribution in [2.24, 2.45) is 10.3 Å². The monoisotopic (exact) mass is 331 g/mol. The van der Waals surface area contributed by atoms with Gasteiger partial charge in [0, 0.05) is 5.56 Å². The van der Waals surface area contributed by atoms with E-state index in [0.29, 0.717) is 11.3 Å². The Morgan fingerprint density at radius 1 is 1.43 bits per heavy atom. The van der Waals surface area contributed by atoms with Gasteiger partial charge < -0.3 is 9.94 Å². The normalized spacial score (nSPS) is 11.7. The van der Waals surface area contributed by atoms with Crippen LogP contribution in [0.4, 0.5) is 0 Å². The molecule has 0 aliphatic carbocycles. The Balaban J connectivity index is 1.79. The summed E-state index contributed by atoms with van der Waals surface area (Å²) >= 11 is 1.55. The summed E-state index contributed by atoms with van der Waals surface area (Å²) in [5.41, 5.74) is 4.48. The van der Waals surface area contributed by atoms with Crippen molar-refractivity contribution in [3.8, 4) is 5.75 Å². The summed E-state index contributed by atoms with van der Waals surface area (Å²) in [6.07, 6.45) is 1.37. The maximum atomic E-state index is 11.6. The van der Waals surface area contributed by atoms with Gasteiger partial charge in [-0.05, 0) is 43.0 Å². The number of carbonyl (C=O) groups excluding carboxylic acids is 1. The third-order valence-electron chi connectivity index (χ3n) is 2.85. The number of amides is 1. The fourth-order valence-electron chi connectivity index (χ4n) is 1.69. The molecule has 0 unspecified atom stereocenters. The number of aromatic hydroxyl groups is 1. The molecule has 0 aliphatic rings. The second-order valence-electron chi connectivity index (χ2n) is 4.78. The molecule has 2 rings (SSSR count). The van der Waals surface area contributed by atoms with Crippen LogP contribution in [0.3, 0.4) is 0 Å². The quantitative estimate of drug-likeness (QED) is 0.630. The number of nitrogens with one attached hydrogen (secondary N) is 1. The number of phenolic OH excluding ortho intramolecular Hbond substituents is 1. The lowest BCUT2D eigenvalue weighted by molar-refractivity contribution is -0.125. The van der Waals surface area contributed by atoms with Crippen molar-refractivity contribution in [2.75, 3.05) is 6.61 Å². The number of nitrogens with zero attached hydrogens (tertiary/aromatic N) is 2. The highest BCUT2D eigenvalue weighted by atomic mass is 32.1. The van der Waals surface area contributed by atoms with Crippen LogP contribution in [-0.2, 0) is 9.63 Å². The van der Waals surface area contributed by atoms with Gasteiger partial charge in [0.25, 0.3) is 5.91 Å². The number of hydrogen-bond donors (Lipinski definition) is 2. The van der Waals surface area contributed by atoms with Crippen LogP contribution in [0.25, 0.3) is 0 Å². The van der Waals surface area contributed by atoms with Gasteiger partial charge in [0.2, 0.25) is 0 Å². The summed E-state index contributed by atoms with van der Waals surface area (Å²) in [5, 5.41) is 19.3. The van der Waals surface area contributed by atoms with Crippen molar-refractivity contribution in [1.29, 1.82) is 0 Å². The van der Waals surface area contributed by atoms with Crippen molar-refractivity contribution >= 4 is 29.2 Å². The van der Waals surface area contributed by atoms with Gasteiger partial charge in [-0.3, -0.25) is 4.79 Å². The molecular formula is C16H17N3O3S. The van der Waals surface area contributed by atoms with E-state index in [9.17, 15) is 9.90 Å².